The number of hydrogen-bond donors (Lipinski definition) is 1. The smallest absolute Gasteiger partial charge is 0.159 e. The highest BCUT2D eigenvalue weighted by atomic mass is 35.5. The molecule has 0 bridgehead atoms. The molecule has 0 unspecified atom stereocenters. The molecular weight excluding hydrogens is 286 g/mol. The summed E-state index contributed by atoms with van der Waals surface area (Å²) in [5.74, 6) is 0.791. The van der Waals surface area contributed by atoms with E-state index in [0.717, 1.165) is 43.3 Å². The lowest BCUT2D eigenvalue weighted by atomic mass is 10.0. The number of hydrogen-bond acceptors (Lipinski definition) is 4. The Balaban J connectivity index is 0.00000161. The third kappa shape index (κ3) is 4.24. The lowest BCUT2D eigenvalue weighted by Gasteiger charge is -2.23. The molecule has 21 heavy (non-hydrogen) atoms. The van der Waals surface area contributed by atoms with Gasteiger partial charge in [0.2, 0.25) is 0 Å². The number of aryl methyl sites for hydroxylation is 1. The molecule has 0 saturated carbocycles. The minimum atomic E-state index is 0. The Bertz CT molecular complexity index is 585. The van der Waals surface area contributed by atoms with E-state index in [1.807, 2.05) is 13.0 Å². The van der Waals surface area contributed by atoms with E-state index in [2.05, 4.69) is 39.6 Å². The quantitative estimate of drug-likeness (QED) is 0.946. The average Bonchev–Trinajstić information content (AvgIpc) is 2.49. The fourth-order valence-corrected chi connectivity index (χ4v) is 2.46. The Labute approximate surface area is 131 Å². The zero-order valence-corrected chi connectivity index (χ0v) is 12.9. The van der Waals surface area contributed by atoms with Gasteiger partial charge in [-0.15, -0.1) is 12.4 Å². The van der Waals surface area contributed by atoms with Crippen LogP contribution in [0.15, 0.2) is 36.5 Å². The van der Waals surface area contributed by atoms with Crippen molar-refractivity contribution in [2.75, 3.05) is 19.8 Å². The molecule has 3 rings (SSSR count). The molecular formula is C16H20ClN3O. The topological polar surface area (TPSA) is 47.0 Å². The van der Waals surface area contributed by atoms with Crippen LogP contribution in [0.3, 0.4) is 0 Å². The van der Waals surface area contributed by atoms with Gasteiger partial charge in [-0.2, -0.15) is 0 Å². The Morgan fingerprint density at radius 1 is 1.33 bits per heavy atom. The Hall–Kier alpha value is -1.49. The largest absolute Gasteiger partial charge is 0.379 e. The van der Waals surface area contributed by atoms with Gasteiger partial charge in [-0.1, -0.05) is 18.2 Å². The molecule has 1 aromatic carbocycles. The van der Waals surface area contributed by atoms with Crippen molar-refractivity contribution < 1.29 is 4.74 Å². The van der Waals surface area contributed by atoms with E-state index in [1.165, 1.54) is 5.56 Å². The molecule has 1 atom stereocenters. The van der Waals surface area contributed by atoms with E-state index in [4.69, 9.17) is 4.74 Å². The zero-order valence-electron chi connectivity index (χ0n) is 12.1. The van der Waals surface area contributed by atoms with Crippen molar-refractivity contribution in [1.82, 2.24) is 15.3 Å². The lowest BCUT2D eigenvalue weighted by Crippen LogP contribution is -2.42. The molecule has 1 aliphatic heterocycles. The molecule has 1 N–H and O–H groups in total. The molecule has 1 saturated heterocycles. The monoisotopic (exact) mass is 305 g/mol. The Kier molecular flexibility index (Phi) is 5.67. The van der Waals surface area contributed by atoms with Crippen molar-refractivity contribution in [2.45, 2.75) is 19.4 Å². The van der Waals surface area contributed by atoms with Gasteiger partial charge in [-0.25, -0.2) is 9.97 Å². The summed E-state index contributed by atoms with van der Waals surface area (Å²) >= 11 is 0. The summed E-state index contributed by atoms with van der Waals surface area (Å²) in [5.41, 5.74) is 3.35. The van der Waals surface area contributed by atoms with Crippen molar-refractivity contribution in [3.63, 3.8) is 0 Å². The molecule has 112 valence electrons. The first-order valence-electron chi connectivity index (χ1n) is 7.01. The van der Waals surface area contributed by atoms with Crippen LogP contribution in [0.5, 0.6) is 0 Å². The summed E-state index contributed by atoms with van der Waals surface area (Å²) in [5, 5.41) is 3.48. The third-order valence-electron chi connectivity index (χ3n) is 3.46. The van der Waals surface area contributed by atoms with Crippen molar-refractivity contribution in [3.8, 4) is 11.4 Å². The summed E-state index contributed by atoms with van der Waals surface area (Å²) in [6, 6.07) is 10.8. The average molecular weight is 306 g/mol. The first-order valence-corrected chi connectivity index (χ1v) is 7.01. The third-order valence-corrected chi connectivity index (χ3v) is 3.46. The van der Waals surface area contributed by atoms with E-state index < -0.39 is 0 Å². The highest BCUT2D eigenvalue weighted by Crippen LogP contribution is 2.17. The van der Waals surface area contributed by atoms with E-state index in [-0.39, 0.29) is 12.4 Å². The summed E-state index contributed by atoms with van der Waals surface area (Å²) in [6.45, 7) is 4.52. The molecule has 2 heterocycles. The number of nitrogens with zero attached hydrogens (tertiary/aromatic N) is 2. The Morgan fingerprint density at radius 2 is 2.24 bits per heavy atom. The summed E-state index contributed by atoms with van der Waals surface area (Å²) < 4.78 is 5.50. The second kappa shape index (κ2) is 7.50. The van der Waals surface area contributed by atoms with Gasteiger partial charge in [-0.3, -0.25) is 0 Å². The molecule has 4 nitrogen and oxygen atoms in total. The minimum Gasteiger partial charge on any atom is -0.379 e. The van der Waals surface area contributed by atoms with Crippen molar-refractivity contribution in [1.29, 1.82) is 0 Å². The highest BCUT2D eigenvalue weighted by molar-refractivity contribution is 5.85. The molecule has 0 aliphatic carbocycles. The van der Waals surface area contributed by atoms with Crippen LogP contribution < -0.4 is 5.32 Å². The fraction of sp³-hybridized carbons (Fsp3) is 0.375. The minimum absolute atomic E-state index is 0. The highest BCUT2D eigenvalue weighted by Gasteiger charge is 2.13. The van der Waals surface area contributed by atoms with Crippen LogP contribution in [0.2, 0.25) is 0 Å². The molecule has 0 radical (unpaired) electrons. The van der Waals surface area contributed by atoms with Gasteiger partial charge in [0.1, 0.15) is 0 Å². The maximum Gasteiger partial charge on any atom is 0.159 e. The number of ether oxygens (including phenoxy) is 1. The molecule has 0 spiro atoms. The van der Waals surface area contributed by atoms with E-state index in [0.29, 0.717) is 6.04 Å². The second-order valence-electron chi connectivity index (χ2n) is 5.15. The van der Waals surface area contributed by atoms with E-state index in [1.54, 1.807) is 6.20 Å². The second-order valence-corrected chi connectivity index (χ2v) is 5.15. The maximum atomic E-state index is 5.50. The predicted octanol–water partition coefficient (Wildman–Crippen LogP) is 2.40. The van der Waals surface area contributed by atoms with Crippen molar-refractivity contribution in [2.24, 2.45) is 0 Å². The molecule has 1 aromatic heterocycles. The lowest BCUT2D eigenvalue weighted by molar-refractivity contribution is 0.0770. The molecule has 1 aliphatic rings. The van der Waals surface area contributed by atoms with Crippen LogP contribution >= 0.6 is 12.4 Å². The van der Waals surface area contributed by atoms with Crippen LogP contribution in [0.4, 0.5) is 0 Å². The van der Waals surface area contributed by atoms with Gasteiger partial charge in [0.25, 0.3) is 0 Å². The maximum absolute atomic E-state index is 5.50. The van der Waals surface area contributed by atoms with Gasteiger partial charge < -0.3 is 10.1 Å². The number of halogens is 1. The normalized spacial score (nSPS) is 18.0. The van der Waals surface area contributed by atoms with Crippen LogP contribution in [-0.4, -0.2) is 35.8 Å². The van der Waals surface area contributed by atoms with Gasteiger partial charge in [0.05, 0.1) is 13.2 Å². The summed E-state index contributed by atoms with van der Waals surface area (Å²) in [4.78, 5) is 8.83. The fourth-order valence-electron chi connectivity index (χ4n) is 2.46. The predicted molar refractivity (Wildman–Crippen MR) is 85.8 cm³/mol. The number of aromatic nitrogens is 2. The molecule has 2 aromatic rings. The Morgan fingerprint density at radius 3 is 3.00 bits per heavy atom. The standard InChI is InChI=1S/C16H19N3O.ClH/c1-12-5-6-18-16(19-12)14-4-2-3-13(9-14)10-15-11-20-8-7-17-15;/h2-6,9,15,17H,7-8,10-11H2,1H3;1H/t15-;/m1./s1. The van der Waals surface area contributed by atoms with Crippen LogP contribution in [0.1, 0.15) is 11.3 Å². The van der Waals surface area contributed by atoms with Crippen LogP contribution in [-0.2, 0) is 11.2 Å². The van der Waals surface area contributed by atoms with Gasteiger partial charge in [0, 0.05) is 30.0 Å². The SMILES string of the molecule is Cc1ccnc(-c2cccc(C[C@@H]3COCCN3)c2)n1.Cl. The molecule has 0 amide bonds. The number of benzene rings is 1. The van der Waals surface area contributed by atoms with Gasteiger partial charge >= 0.3 is 0 Å². The van der Waals surface area contributed by atoms with Crippen molar-refractivity contribution >= 4 is 12.4 Å². The molecule has 5 heteroatoms. The van der Waals surface area contributed by atoms with Gasteiger partial charge in [-0.05, 0) is 31.0 Å². The number of nitrogens with one attached hydrogen (secondary N) is 1. The van der Waals surface area contributed by atoms with Crippen LogP contribution in [0, 0.1) is 6.92 Å². The van der Waals surface area contributed by atoms with Crippen LogP contribution in [0.25, 0.3) is 11.4 Å². The first-order chi connectivity index (χ1) is 9.81. The van der Waals surface area contributed by atoms with E-state index >= 15 is 0 Å². The van der Waals surface area contributed by atoms with Gasteiger partial charge in [0.15, 0.2) is 5.82 Å². The number of rotatable bonds is 3. The molecule has 1 fully saturated rings. The summed E-state index contributed by atoms with van der Waals surface area (Å²) in [6.07, 6.45) is 2.78. The number of morpholine rings is 1. The summed E-state index contributed by atoms with van der Waals surface area (Å²) in [7, 11) is 0. The van der Waals surface area contributed by atoms with E-state index in [9.17, 15) is 0 Å². The first kappa shape index (κ1) is 15.9. The van der Waals surface area contributed by atoms with Crippen molar-refractivity contribution in [3.05, 3.63) is 47.8 Å². The zero-order chi connectivity index (χ0) is 13.8.